The highest BCUT2D eigenvalue weighted by Gasteiger charge is 2.33. The summed E-state index contributed by atoms with van der Waals surface area (Å²) in [7, 11) is -3.51. The minimum absolute atomic E-state index is 0.0945. The summed E-state index contributed by atoms with van der Waals surface area (Å²) in [6, 6.07) is 3.40. The second-order valence-electron chi connectivity index (χ2n) is 5.56. The molecule has 0 spiro atoms. The Hall–Kier alpha value is -1.11. The smallest absolute Gasteiger partial charge is 0.243 e. The molecule has 6 heteroatoms. The van der Waals surface area contributed by atoms with E-state index in [4.69, 9.17) is 10.5 Å². The number of hydrogen-bond donors (Lipinski definition) is 1. The van der Waals surface area contributed by atoms with Gasteiger partial charge in [0.15, 0.2) is 0 Å². The van der Waals surface area contributed by atoms with E-state index in [9.17, 15) is 8.42 Å². The molecule has 0 amide bonds. The zero-order valence-corrected chi connectivity index (χ0v) is 13.2. The Kier molecular flexibility index (Phi) is 4.09. The quantitative estimate of drug-likeness (QED) is 0.843. The topological polar surface area (TPSA) is 72.6 Å². The number of nitrogen functional groups attached to an aromatic ring is 1. The molecule has 1 heterocycles. The van der Waals surface area contributed by atoms with Gasteiger partial charge in [0.2, 0.25) is 10.0 Å². The molecule has 1 aliphatic rings. The number of sulfonamides is 1. The van der Waals surface area contributed by atoms with Gasteiger partial charge in [-0.1, -0.05) is 0 Å². The molecule has 1 aromatic rings. The minimum atomic E-state index is -3.51. The molecule has 2 N–H and O–H groups in total. The molecule has 2 atom stereocenters. The monoisotopic (exact) mass is 298 g/mol. The van der Waals surface area contributed by atoms with Crippen LogP contribution in [0.3, 0.4) is 0 Å². The number of rotatable bonds is 2. The van der Waals surface area contributed by atoms with Crippen LogP contribution in [0.4, 0.5) is 5.69 Å². The van der Waals surface area contributed by atoms with Gasteiger partial charge in [-0.2, -0.15) is 4.31 Å². The number of benzene rings is 1. The van der Waals surface area contributed by atoms with Gasteiger partial charge < -0.3 is 10.5 Å². The van der Waals surface area contributed by atoms with Crippen molar-refractivity contribution >= 4 is 15.7 Å². The van der Waals surface area contributed by atoms with Gasteiger partial charge in [0.1, 0.15) is 0 Å². The highest BCUT2D eigenvalue weighted by Crippen LogP contribution is 2.28. The van der Waals surface area contributed by atoms with Crippen LogP contribution in [0.15, 0.2) is 17.0 Å². The molecule has 1 aromatic carbocycles. The Morgan fingerprint density at radius 3 is 2.05 bits per heavy atom. The van der Waals surface area contributed by atoms with Gasteiger partial charge in [0, 0.05) is 18.8 Å². The van der Waals surface area contributed by atoms with Crippen molar-refractivity contribution in [2.45, 2.75) is 44.8 Å². The lowest BCUT2D eigenvalue weighted by Gasteiger charge is -2.35. The first-order chi connectivity index (χ1) is 9.21. The zero-order chi connectivity index (χ0) is 15.1. The number of hydrogen-bond acceptors (Lipinski definition) is 4. The summed E-state index contributed by atoms with van der Waals surface area (Å²) in [6.07, 6.45) is -0.189. The highest BCUT2D eigenvalue weighted by atomic mass is 32.2. The second kappa shape index (κ2) is 5.35. The average Bonchev–Trinajstić information content (AvgIpc) is 2.25. The van der Waals surface area contributed by atoms with Crippen LogP contribution < -0.4 is 5.73 Å². The van der Waals surface area contributed by atoms with Gasteiger partial charge >= 0.3 is 0 Å². The Morgan fingerprint density at radius 1 is 1.15 bits per heavy atom. The lowest BCUT2D eigenvalue weighted by Crippen LogP contribution is -2.48. The predicted octanol–water partition coefficient (Wildman–Crippen LogP) is 1.68. The van der Waals surface area contributed by atoms with E-state index in [1.54, 1.807) is 26.0 Å². The Labute approximate surface area is 120 Å². The van der Waals surface area contributed by atoms with E-state index < -0.39 is 10.0 Å². The summed E-state index contributed by atoms with van der Waals surface area (Å²) in [6.45, 7) is 8.11. The van der Waals surface area contributed by atoms with Crippen molar-refractivity contribution in [1.29, 1.82) is 0 Å². The molecule has 0 aliphatic carbocycles. The van der Waals surface area contributed by atoms with Crippen molar-refractivity contribution in [2.75, 3.05) is 18.8 Å². The summed E-state index contributed by atoms with van der Waals surface area (Å²) >= 11 is 0. The van der Waals surface area contributed by atoms with Crippen molar-refractivity contribution in [3.63, 3.8) is 0 Å². The number of nitrogens with two attached hydrogens (primary N) is 1. The minimum Gasteiger partial charge on any atom is -0.399 e. The molecular formula is C14H22N2O3S. The van der Waals surface area contributed by atoms with Gasteiger partial charge in [0.25, 0.3) is 0 Å². The van der Waals surface area contributed by atoms with Gasteiger partial charge in [-0.05, 0) is 51.0 Å². The Morgan fingerprint density at radius 2 is 1.60 bits per heavy atom. The van der Waals surface area contributed by atoms with Crippen LogP contribution in [0.25, 0.3) is 0 Å². The van der Waals surface area contributed by atoms with Crippen LogP contribution in [0, 0.1) is 13.8 Å². The molecule has 2 rings (SSSR count). The fraction of sp³-hybridized carbons (Fsp3) is 0.571. The van der Waals surface area contributed by atoms with Gasteiger partial charge in [-0.3, -0.25) is 0 Å². The van der Waals surface area contributed by atoms with Crippen molar-refractivity contribution in [1.82, 2.24) is 4.31 Å². The first-order valence-corrected chi connectivity index (χ1v) is 8.18. The maximum Gasteiger partial charge on any atom is 0.243 e. The fourth-order valence-electron chi connectivity index (χ4n) is 2.85. The van der Waals surface area contributed by atoms with Gasteiger partial charge in [-0.25, -0.2) is 8.42 Å². The number of morpholine rings is 1. The fourth-order valence-corrected chi connectivity index (χ4v) is 4.85. The SMILES string of the molecule is Cc1cc(N)cc(C)c1S(=O)(=O)N1CC(C)OC(C)C1. The molecular weight excluding hydrogens is 276 g/mol. The summed E-state index contributed by atoms with van der Waals surface area (Å²) < 4.78 is 32.8. The molecule has 0 aromatic heterocycles. The number of aryl methyl sites for hydroxylation is 2. The molecule has 0 bridgehead atoms. The number of nitrogens with zero attached hydrogens (tertiary/aromatic N) is 1. The molecule has 5 nitrogen and oxygen atoms in total. The second-order valence-corrected chi connectivity index (χ2v) is 7.44. The third kappa shape index (κ3) is 2.82. The van der Waals surface area contributed by atoms with E-state index in [1.165, 1.54) is 4.31 Å². The molecule has 112 valence electrons. The van der Waals surface area contributed by atoms with Crippen LogP contribution in [0.1, 0.15) is 25.0 Å². The first kappa shape index (κ1) is 15.3. The van der Waals surface area contributed by atoms with Crippen molar-refractivity contribution in [3.05, 3.63) is 23.3 Å². The van der Waals surface area contributed by atoms with Gasteiger partial charge in [-0.15, -0.1) is 0 Å². The lowest BCUT2D eigenvalue weighted by molar-refractivity contribution is -0.0441. The van der Waals surface area contributed by atoms with Crippen molar-refractivity contribution in [3.8, 4) is 0 Å². The van der Waals surface area contributed by atoms with E-state index in [2.05, 4.69) is 0 Å². The van der Waals surface area contributed by atoms with E-state index >= 15 is 0 Å². The lowest BCUT2D eigenvalue weighted by atomic mass is 10.1. The highest BCUT2D eigenvalue weighted by molar-refractivity contribution is 7.89. The Bertz CT molecular complexity index is 580. The molecule has 1 saturated heterocycles. The van der Waals surface area contributed by atoms with Gasteiger partial charge in [0.05, 0.1) is 17.1 Å². The summed E-state index contributed by atoms with van der Waals surface area (Å²) in [5.74, 6) is 0. The van der Waals surface area contributed by atoms with Crippen LogP contribution in [0.2, 0.25) is 0 Å². The van der Waals surface area contributed by atoms with Crippen molar-refractivity contribution < 1.29 is 13.2 Å². The third-order valence-electron chi connectivity index (χ3n) is 3.47. The molecule has 20 heavy (non-hydrogen) atoms. The van der Waals surface area contributed by atoms with Crippen LogP contribution in [-0.2, 0) is 14.8 Å². The Balaban J connectivity index is 2.45. The summed E-state index contributed by atoms with van der Waals surface area (Å²) in [4.78, 5) is 0.369. The molecule has 1 fully saturated rings. The standard InChI is InChI=1S/C14H22N2O3S/c1-9-5-13(15)6-10(2)14(9)20(17,18)16-7-11(3)19-12(4)8-16/h5-6,11-12H,7-8,15H2,1-4H3. The van der Waals surface area contributed by atoms with E-state index in [1.807, 2.05) is 13.8 Å². The predicted molar refractivity (Wildman–Crippen MR) is 79.1 cm³/mol. The van der Waals surface area contributed by atoms with E-state index in [0.717, 1.165) is 0 Å². The summed E-state index contributed by atoms with van der Waals surface area (Å²) in [5, 5.41) is 0. The molecule has 0 saturated carbocycles. The van der Waals surface area contributed by atoms with E-state index in [-0.39, 0.29) is 12.2 Å². The van der Waals surface area contributed by atoms with Crippen LogP contribution >= 0.6 is 0 Å². The third-order valence-corrected chi connectivity index (χ3v) is 5.60. The van der Waals surface area contributed by atoms with Crippen LogP contribution in [0.5, 0.6) is 0 Å². The molecule has 0 radical (unpaired) electrons. The average molecular weight is 298 g/mol. The molecule has 1 aliphatic heterocycles. The number of ether oxygens (including phenoxy) is 1. The largest absolute Gasteiger partial charge is 0.399 e. The maximum absolute atomic E-state index is 12.9. The summed E-state index contributed by atoms with van der Waals surface area (Å²) in [5.41, 5.74) is 7.73. The van der Waals surface area contributed by atoms with E-state index in [0.29, 0.717) is 34.8 Å². The first-order valence-electron chi connectivity index (χ1n) is 6.74. The zero-order valence-electron chi connectivity index (χ0n) is 12.4. The number of anilines is 1. The molecule has 2 unspecified atom stereocenters. The van der Waals surface area contributed by atoms with Crippen LogP contribution in [-0.4, -0.2) is 38.0 Å². The maximum atomic E-state index is 12.9. The normalized spacial score (nSPS) is 24.8. The van der Waals surface area contributed by atoms with Crippen molar-refractivity contribution in [2.24, 2.45) is 0 Å².